The van der Waals surface area contributed by atoms with Gasteiger partial charge in [-0.05, 0) is 25.1 Å². The molecule has 2 heteroatoms. The highest BCUT2D eigenvalue weighted by Crippen LogP contribution is 2.06. The molecule has 2 nitrogen and oxygen atoms in total. The molecule has 0 bridgehead atoms. The summed E-state index contributed by atoms with van der Waals surface area (Å²) in [5.41, 5.74) is 2.12. The predicted octanol–water partition coefficient (Wildman–Crippen LogP) is 1.98. The van der Waals surface area contributed by atoms with Crippen LogP contribution in [0.25, 0.3) is 5.69 Å². The maximum atomic E-state index is 4.14. The molecule has 1 heterocycles. The van der Waals surface area contributed by atoms with Crippen molar-refractivity contribution in [1.82, 2.24) is 9.55 Å². The van der Waals surface area contributed by atoms with Crippen LogP contribution in [0.4, 0.5) is 0 Å². The van der Waals surface area contributed by atoms with Gasteiger partial charge in [-0.2, -0.15) is 0 Å². The first-order valence-corrected chi connectivity index (χ1v) is 3.83. The van der Waals surface area contributed by atoms with E-state index in [9.17, 15) is 0 Å². The number of benzene rings is 1. The molecule has 1 aromatic carbocycles. The highest BCUT2D eigenvalue weighted by molar-refractivity contribution is 5.30. The van der Waals surface area contributed by atoms with Gasteiger partial charge in [0.05, 0.1) is 12.0 Å². The van der Waals surface area contributed by atoms with Crippen molar-refractivity contribution in [2.24, 2.45) is 0 Å². The van der Waals surface area contributed by atoms with Crippen LogP contribution in [0.2, 0.25) is 0 Å². The zero-order chi connectivity index (χ0) is 8.39. The fourth-order valence-electron chi connectivity index (χ4n) is 1.11. The smallest absolute Gasteiger partial charge is 0.0995 e. The van der Waals surface area contributed by atoms with E-state index in [0.29, 0.717) is 0 Å². The molecule has 0 aliphatic rings. The lowest BCUT2D eigenvalue weighted by Gasteiger charge is -1.98. The lowest BCUT2D eigenvalue weighted by molar-refractivity contribution is 1.06. The number of aromatic nitrogens is 2. The number of nitrogens with zero attached hydrogens (tertiary/aromatic N) is 2. The summed E-state index contributed by atoms with van der Waals surface area (Å²) in [5.74, 6) is 0. The van der Waals surface area contributed by atoms with Gasteiger partial charge in [0, 0.05) is 11.9 Å². The van der Waals surface area contributed by atoms with E-state index < -0.39 is 0 Å². The summed E-state index contributed by atoms with van der Waals surface area (Å²) in [6.45, 7) is 1.98. The molecular formula is C10H9N2. The molecule has 0 spiro atoms. The Bertz CT molecular complexity index is 362. The van der Waals surface area contributed by atoms with Gasteiger partial charge in [0.15, 0.2) is 0 Å². The monoisotopic (exact) mass is 157 g/mol. The van der Waals surface area contributed by atoms with Crippen LogP contribution in [0.5, 0.6) is 0 Å². The standard InChI is InChI=1S/C10H9N2/c1-9-7-12(8-11-9)10-5-3-2-4-6-10/h2-3,5-8H,1H3. The van der Waals surface area contributed by atoms with Crippen LogP contribution >= 0.6 is 0 Å². The number of hydrogen-bond acceptors (Lipinski definition) is 1. The van der Waals surface area contributed by atoms with E-state index in [-0.39, 0.29) is 0 Å². The number of aryl methyl sites for hydroxylation is 1. The zero-order valence-electron chi connectivity index (χ0n) is 6.86. The predicted molar refractivity (Wildman–Crippen MR) is 47.1 cm³/mol. The molecule has 0 fully saturated rings. The Morgan fingerprint density at radius 2 is 2.42 bits per heavy atom. The molecular weight excluding hydrogens is 148 g/mol. The third kappa shape index (κ3) is 1.23. The van der Waals surface area contributed by atoms with Crippen LogP contribution in [0.3, 0.4) is 0 Å². The third-order valence-corrected chi connectivity index (χ3v) is 1.70. The van der Waals surface area contributed by atoms with Gasteiger partial charge in [0.1, 0.15) is 0 Å². The first-order valence-electron chi connectivity index (χ1n) is 3.83. The van der Waals surface area contributed by atoms with Crippen LogP contribution in [0.1, 0.15) is 5.69 Å². The summed E-state index contributed by atoms with van der Waals surface area (Å²) in [7, 11) is 0. The molecule has 59 valence electrons. The second-order valence-electron chi connectivity index (χ2n) is 2.68. The molecule has 1 aromatic heterocycles. The largest absolute Gasteiger partial charge is 0.306 e. The third-order valence-electron chi connectivity index (χ3n) is 1.70. The van der Waals surface area contributed by atoms with E-state index >= 15 is 0 Å². The summed E-state index contributed by atoms with van der Waals surface area (Å²) >= 11 is 0. The SMILES string of the molecule is Cc1cn(-c2c[c]ccc2)cn1. The maximum Gasteiger partial charge on any atom is 0.0995 e. The molecule has 0 unspecified atom stereocenters. The second-order valence-corrected chi connectivity index (χ2v) is 2.68. The summed E-state index contributed by atoms with van der Waals surface area (Å²) < 4.78 is 1.98. The first kappa shape index (κ1) is 7.10. The minimum atomic E-state index is 1.03. The van der Waals surface area contributed by atoms with Crippen molar-refractivity contribution in [1.29, 1.82) is 0 Å². The second kappa shape index (κ2) is 2.81. The van der Waals surface area contributed by atoms with E-state index in [1.807, 2.05) is 42.0 Å². The highest BCUT2D eigenvalue weighted by atomic mass is 15.0. The fourth-order valence-corrected chi connectivity index (χ4v) is 1.11. The molecule has 0 aliphatic heterocycles. The molecule has 0 aliphatic carbocycles. The average Bonchev–Trinajstić information content (AvgIpc) is 2.54. The lowest BCUT2D eigenvalue weighted by atomic mass is 10.3. The molecule has 0 N–H and O–H groups in total. The molecule has 2 aromatic rings. The Labute approximate surface area is 71.5 Å². The van der Waals surface area contributed by atoms with Crippen LogP contribution in [0.15, 0.2) is 36.8 Å². The van der Waals surface area contributed by atoms with Gasteiger partial charge in [0.2, 0.25) is 0 Å². The van der Waals surface area contributed by atoms with Crippen molar-refractivity contribution in [3.05, 3.63) is 48.5 Å². The maximum absolute atomic E-state index is 4.14. The van der Waals surface area contributed by atoms with Crippen LogP contribution in [0, 0.1) is 13.0 Å². The van der Waals surface area contributed by atoms with E-state index in [2.05, 4.69) is 11.1 Å². The zero-order valence-corrected chi connectivity index (χ0v) is 6.86. The van der Waals surface area contributed by atoms with Crippen LogP contribution in [-0.4, -0.2) is 9.55 Å². The minimum Gasteiger partial charge on any atom is -0.306 e. The van der Waals surface area contributed by atoms with Gasteiger partial charge in [0.25, 0.3) is 0 Å². The Hall–Kier alpha value is -1.57. The van der Waals surface area contributed by atoms with E-state index in [0.717, 1.165) is 11.4 Å². The van der Waals surface area contributed by atoms with Crippen molar-refractivity contribution in [2.75, 3.05) is 0 Å². The Morgan fingerprint density at radius 1 is 1.50 bits per heavy atom. The van der Waals surface area contributed by atoms with Crippen molar-refractivity contribution in [2.45, 2.75) is 6.92 Å². The molecule has 1 radical (unpaired) electrons. The summed E-state index contributed by atoms with van der Waals surface area (Å²) in [6, 6.07) is 10.8. The summed E-state index contributed by atoms with van der Waals surface area (Å²) in [6.07, 6.45) is 3.79. The van der Waals surface area contributed by atoms with Gasteiger partial charge in [-0.15, -0.1) is 0 Å². The molecule has 0 amide bonds. The van der Waals surface area contributed by atoms with Gasteiger partial charge in [-0.25, -0.2) is 4.98 Å². The summed E-state index contributed by atoms with van der Waals surface area (Å²) in [5, 5.41) is 0. The van der Waals surface area contributed by atoms with Gasteiger partial charge >= 0.3 is 0 Å². The molecule has 12 heavy (non-hydrogen) atoms. The number of imidazole rings is 1. The van der Waals surface area contributed by atoms with E-state index in [1.54, 1.807) is 6.33 Å². The van der Waals surface area contributed by atoms with Crippen molar-refractivity contribution in [3.63, 3.8) is 0 Å². The lowest BCUT2D eigenvalue weighted by Crippen LogP contribution is -1.87. The van der Waals surface area contributed by atoms with Crippen LogP contribution < -0.4 is 0 Å². The van der Waals surface area contributed by atoms with Crippen molar-refractivity contribution >= 4 is 0 Å². The Morgan fingerprint density at radius 3 is 3.00 bits per heavy atom. The molecule has 2 rings (SSSR count). The van der Waals surface area contributed by atoms with Gasteiger partial charge in [-0.1, -0.05) is 12.1 Å². The number of rotatable bonds is 1. The molecule has 0 atom stereocenters. The fraction of sp³-hybridized carbons (Fsp3) is 0.100. The van der Waals surface area contributed by atoms with E-state index in [1.165, 1.54) is 0 Å². The normalized spacial score (nSPS) is 10.1. The first-order chi connectivity index (χ1) is 5.86. The minimum absolute atomic E-state index is 1.03. The summed E-state index contributed by atoms with van der Waals surface area (Å²) in [4.78, 5) is 4.14. The van der Waals surface area contributed by atoms with E-state index in [4.69, 9.17) is 0 Å². The number of hydrogen-bond donors (Lipinski definition) is 0. The Balaban J connectivity index is 2.45. The average molecular weight is 157 g/mol. The van der Waals surface area contributed by atoms with Gasteiger partial charge in [-0.3, -0.25) is 0 Å². The van der Waals surface area contributed by atoms with Gasteiger partial charge < -0.3 is 4.57 Å². The quantitative estimate of drug-likeness (QED) is 0.619. The molecule has 0 saturated carbocycles. The van der Waals surface area contributed by atoms with Crippen molar-refractivity contribution < 1.29 is 0 Å². The van der Waals surface area contributed by atoms with Crippen molar-refractivity contribution in [3.8, 4) is 5.69 Å². The topological polar surface area (TPSA) is 17.8 Å². The molecule has 0 saturated heterocycles. The Kier molecular flexibility index (Phi) is 1.67. The van der Waals surface area contributed by atoms with Crippen LogP contribution in [-0.2, 0) is 0 Å². The highest BCUT2D eigenvalue weighted by Gasteiger charge is 1.94.